The van der Waals surface area contributed by atoms with Crippen molar-refractivity contribution in [3.05, 3.63) is 0 Å². The van der Waals surface area contributed by atoms with Crippen molar-refractivity contribution in [2.45, 2.75) is 64.9 Å². The second kappa shape index (κ2) is 7.61. The van der Waals surface area contributed by atoms with E-state index in [-0.39, 0.29) is 6.61 Å². The van der Waals surface area contributed by atoms with E-state index in [1.807, 2.05) is 0 Å². The fourth-order valence-electron chi connectivity index (χ4n) is 1.48. The fraction of sp³-hybridized carbons (Fsp3) is 0.857. The zero-order valence-corrected chi connectivity index (χ0v) is 13.9. The standard InChI is InChI=1S/C14H27NO6/c1-9(8-19-7)20-11(16)10(14(5,6)18)15-12(17)21-13(2,3)4/h9-10,18H,8H2,1-7H3,(H,15,17)/t9-,10?/m0/s1. The average Bonchev–Trinajstić information content (AvgIpc) is 2.21. The number of methoxy groups -OCH3 is 1. The molecule has 21 heavy (non-hydrogen) atoms. The van der Waals surface area contributed by atoms with Crippen LogP contribution in [0, 0.1) is 0 Å². The highest BCUT2D eigenvalue weighted by atomic mass is 16.6. The van der Waals surface area contributed by atoms with Gasteiger partial charge in [0.15, 0.2) is 6.04 Å². The van der Waals surface area contributed by atoms with Crippen LogP contribution in [0.2, 0.25) is 0 Å². The van der Waals surface area contributed by atoms with Gasteiger partial charge >= 0.3 is 12.1 Å². The van der Waals surface area contributed by atoms with Crippen molar-refractivity contribution in [1.82, 2.24) is 5.32 Å². The number of rotatable bonds is 6. The Hall–Kier alpha value is -1.34. The second-order valence-electron chi connectivity index (χ2n) is 6.44. The Bertz CT molecular complexity index is 355. The largest absolute Gasteiger partial charge is 0.459 e. The van der Waals surface area contributed by atoms with E-state index in [2.05, 4.69) is 5.32 Å². The highest BCUT2D eigenvalue weighted by molar-refractivity contribution is 5.82. The Morgan fingerprint density at radius 1 is 1.19 bits per heavy atom. The number of alkyl carbamates (subject to hydrolysis) is 1. The van der Waals surface area contributed by atoms with E-state index in [1.165, 1.54) is 21.0 Å². The first kappa shape index (κ1) is 19.7. The summed E-state index contributed by atoms with van der Waals surface area (Å²) in [6, 6.07) is -1.24. The first-order valence-corrected chi connectivity index (χ1v) is 6.78. The summed E-state index contributed by atoms with van der Waals surface area (Å²) in [5, 5.41) is 12.4. The van der Waals surface area contributed by atoms with Crippen molar-refractivity contribution in [1.29, 1.82) is 0 Å². The van der Waals surface area contributed by atoms with Gasteiger partial charge in [-0.3, -0.25) is 0 Å². The summed E-state index contributed by atoms with van der Waals surface area (Å²) in [5.74, 6) is -0.752. The molecular formula is C14H27NO6. The summed E-state index contributed by atoms with van der Waals surface area (Å²) >= 11 is 0. The minimum Gasteiger partial charge on any atom is -0.459 e. The fourth-order valence-corrected chi connectivity index (χ4v) is 1.48. The van der Waals surface area contributed by atoms with E-state index in [9.17, 15) is 14.7 Å². The van der Waals surface area contributed by atoms with Crippen molar-refractivity contribution in [2.75, 3.05) is 13.7 Å². The predicted octanol–water partition coefficient (Wildman–Crippen LogP) is 1.23. The van der Waals surface area contributed by atoms with Crippen LogP contribution >= 0.6 is 0 Å². The van der Waals surface area contributed by atoms with Crippen LogP contribution in [0.4, 0.5) is 4.79 Å². The summed E-state index contributed by atoms with van der Waals surface area (Å²) in [5.41, 5.74) is -2.21. The van der Waals surface area contributed by atoms with Crippen molar-refractivity contribution in [3.63, 3.8) is 0 Å². The van der Waals surface area contributed by atoms with Crippen LogP contribution in [0.5, 0.6) is 0 Å². The molecule has 0 fully saturated rings. The molecule has 0 saturated heterocycles. The molecule has 0 aromatic carbocycles. The molecule has 1 unspecified atom stereocenters. The zero-order valence-electron chi connectivity index (χ0n) is 13.9. The third kappa shape index (κ3) is 8.52. The molecule has 7 nitrogen and oxygen atoms in total. The Morgan fingerprint density at radius 3 is 2.10 bits per heavy atom. The van der Waals surface area contributed by atoms with Crippen LogP contribution in [0.3, 0.4) is 0 Å². The van der Waals surface area contributed by atoms with Gasteiger partial charge in [0, 0.05) is 7.11 Å². The predicted molar refractivity (Wildman–Crippen MR) is 76.9 cm³/mol. The monoisotopic (exact) mass is 305 g/mol. The highest BCUT2D eigenvalue weighted by Crippen LogP contribution is 2.13. The molecule has 0 saturated carbocycles. The molecule has 0 aliphatic rings. The summed E-state index contributed by atoms with van der Waals surface area (Å²) < 4.78 is 15.1. The van der Waals surface area contributed by atoms with Gasteiger partial charge in [0.2, 0.25) is 0 Å². The Morgan fingerprint density at radius 2 is 1.71 bits per heavy atom. The van der Waals surface area contributed by atoms with Crippen molar-refractivity contribution in [3.8, 4) is 0 Å². The Balaban J connectivity index is 4.82. The molecule has 1 amide bonds. The lowest BCUT2D eigenvalue weighted by atomic mass is 9.99. The Labute approximate surface area is 125 Å². The summed E-state index contributed by atoms with van der Waals surface area (Å²) in [6.45, 7) is 9.77. The molecule has 124 valence electrons. The van der Waals surface area contributed by atoms with Gasteiger partial charge in [-0.25, -0.2) is 9.59 Å². The quantitative estimate of drug-likeness (QED) is 0.717. The first-order chi connectivity index (χ1) is 9.36. The third-order valence-electron chi connectivity index (χ3n) is 2.32. The molecule has 0 heterocycles. The van der Waals surface area contributed by atoms with Gasteiger partial charge in [-0.15, -0.1) is 0 Å². The number of aliphatic hydroxyl groups is 1. The van der Waals surface area contributed by atoms with Crippen LogP contribution in [0.1, 0.15) is 41.5 Å². The van der Waals surface area contributed by atoms with E-state index in [0.29, 0.717) is 0 Å². The molecule has 0 aromatic heterocycles. The molecule has 0 rings (SSSR count). The molecule has 7 heteroatoms. The SMILES string of the molecule is COC[C@H](C)OC(=O)C(NC(=O)OC(C)(C)C)C(C)(C)O. The number of amides is 1. The first-order valence-electron chi connectivity index (χ1n) is 6.78. The van der Waals surface area contributed by atoms with Crippen molar-refractivity contribution >= 4 is 12.1 Å². The molecule has 0 radical (unpaired) electrons. The number of nitrogens with one attached hydrogen (secondary N) is 1. The molecule has 0 aromatic rings. The van der Waals surface area contributed by atoms with Gasteiger partial charge in [-0.1, -0.05) is 0 Å². The van der Waals surface area contributed by atoms with Gasteiger partial charge in [0.1, 0.15) is 11.7 Å². The lowest BCUT2D eigenvalue weighted by Crippen LogP contribution is -2.56. The maximum atomic E-state index is 12.1. The number of esters is 1. The summed E-state index contributed by atoms with van der Waals surface area (Å²) in [4.78, 5) is 23.8. The zero-order chi connectivity index (χ0) is 16.8. The number of hydrogen-bond donors (Lipinski definition) is 2. The topological polar surface area (TPSA) is 94.1 Å². The summed E-state index contributed by atoms with van der Waals surface area (Å²) in [7, 11) is 1.48. The van der Waals surface area contributed by atoms with Crippen LogP contribution in [0.25, 0.3) is 0 Å². The average molecular weight is 305 g/mol. The third-order valence-corrected chi connectivity index (χ3v) is 2.32. The lowest BCUT2D eigenvalue weighted by Gasteiger charge is -2.30. The molecule has 2 atom stereocenters. The number of carbonyl (C=O) groups excluding carboxylic acids is 2. The van der Waals surface area contributed by atoms with Crippen molar-refractivity contribution < 1.29 is 28.9 Å². The molecule has 2 N–H and O–H groups in total. The van der Waals surface area contributed by atoms with E-state index < -0.39 is 35.4 Å². The minimum absolute atomic E-state index is 0.219. The van der Waals surface area contributed by atoms with E-state index in [1.54, 1.807) is 27.7 Å². The number of carbonyl (C=O) groups is 2. The van der Waals surface area contributed by atoms with E-state index >= 15 is 0 Å². The summed E-state index contributed by atoms with van der Waals surface area (Å²) in [6.07, 6.45) is -1.29. The normalized spacial score (nSPS) is 15.0. The maximum Gasteiger partial charge on any atom is 0.408 e. The van der Waals surface area contributed by atoms with E-state index in [0.717, 1.165) is 0 Å². The minimum atomic E-state index is -1.50. The van der Waals surface area contributed by atoms with Crippen LogP contribution in [-0.2, 0) is 19.0 Å². The molecule has 0 aliphatic heterocycles. The van der Waals surface area contributed by atoms with Gasteiger partial charge < -0.3 is 24.6 Å². The maximum absolute atomic E-state index is 12.1. The molecular weight excluding hydrogens is 278 g/mol. The number of hydrogen-bond acceptors (Lipinski definition) is 6. The molecule has 0 aliphatic carbocycles. The lowest BCUT2D eigenvalue weighted by molar-refractivity contribution is -0.159. The Kier molecular flexibility index (Phi) is 7.12. The van der Waals surface area contributed by atoms with Gasteiger partial charge in [-0.05, 0) is 41.5 Å². The van der Waals surface area contributed by atoms with Crippen LogP contribution < -0.4 is 5.32 Å². The van der Waals surface area contributed by atoms with E-state index in [4.69, 9.17) is 14.2 Å². The molecule has 0 spiro atoms. The smallest absolute Gasteiger partial charge is 0.408 e. The highest BCUT2D eigenvalue weighted by Gasteiger charge is 2.37. The van der Waals surface area contributed by atoms with Crippen LogP contribution in [-0.4, -0.2) is 54.2 Å². The van der Waals surface area contributed by atoms with Gasteiger partial charge in [0.05, 0.1) is 12.2 Å². The second-order valence-corrected chi connectivity index (χ2v) is 6.44. The van der Waals surface area contributed by atoms with Crippen LogP contribution in [0.15, 0.2) is 0 Å². The molecule has 0 bridgehead atoms. The van der Waals surface area contributed by atoms with Crippen molar-refractivity contribution in [2.24, 2.45) is 0 Å². The van der Waals surface area contributed by atoms with Gasteiger partial charge in [-0.2, -0.15) is 0 Å². The van der Waals surface area contributed by atoms with Gasteiger partial charge in [0.25, 0.3) is 0 Å². The number of ether oxygens (including phenoxy) is 3.